The molecule has 7 nitrogen and oxygen atoms in total. The van der Waals surface area contributed by atoms with Crippen molar-refractivity contribution < 1.29 is 17.9 Å². The van der Waals surface area contributed by atoms with Crippen molar-refractivity contribution in [3.05, 3.63) is 42.0 Å². The number of aromatic nitrogens is 5. The molecule has 1 aliphatic carbocycles. The van der Waals surface area contributed by atoms with Crippen LogP contribution >= 0.6 is 0 Å². The summed E-state index contributed by atoms with van der Waals surface area (Å²) in [5, 5.41) is 11.8. The lowest BCUT2D eigenvalue weighted by Gasteiger charge is -2.30. The van der Waals surface area contributed by atoms with Gasteiger partial charge in [-0.1, -0.05) is 0 Å². The van der Waals surface area contributed by atoms with Crippen LogP contribution in [0.3, 0.4) is 0 Å². The summed E-state index contributed by atoms with van der Waals surface area (Å²) in [4.78, 5) is 8.79. The molecule has 3 aromatic rings. The summed E-state index contributed by atoms with van der Waals surface area (Å²) < 4.78 is 45.9. The van der Waals surface area contributed by atoms with E-state index in [-0.39, 0.29) is 18.9 Å². The highest BCUT2D eigenvalue weighted by molar-refractivity contribution is 5.61. The molecule has 1 aliphatic rings. The highest BCUT2D eigenvalue weighted by atomic mass is 19.4. The fourth-order valence-corrected chi connectivity index (χ4v) is 3.99. The lowest BCUT2D eigenvalue weighted by molar-refractivity contribution is -0.182. The molecule has 1 N–H and O–H groups in total. The molecule has 32 heavy (non-hydrogen) atoms. The van der Waals surface area contributed by atoms with E-state index in [1.165, 1.54) is 0 Å². The number of nitrogens with zero attached hydrogens (tertiary/aromatic N) is 5. The predicted molar refractivity (Wildman–Crippen MR) is 114 cm³/mol. The summed E-state index contributed by atoms with van der Waals surface area (Å²) in [6, 6.07) is 5.54. The molecule has 3 heterocycles. The molecule has 1 saturated carbocycles. The molecular formula is C22H25F3N6O. The Morgan fingerprint density at radius 1 is 1.06 bits per heavy atom. The fourth-order valence-electron chi connectivity index (χ4n) is 3.99. The first-order chi connectivity index (χ1) is 15.2. The van der Waals surface area contributed by atoms with Crippen molar-refractivity contribution >= 4 is 5.82 Å². The normalized spacial score (nSPS) is 19.1. The molecule has 0 atom stereocenters. The van der Waals surface area contributed by atoms with Crippen LogP contribution in [0.5, 0.6) is 5.88 Å². The van der Waals surface area contributed by atoms with E-state index in [0.29, 0.717) is 35.9 Å². The zero-order chi connectivity index (χ0) is 22.9. The lowest BCUT2D eigenvalue weighted by Crippen LogP contribution is -2.33. The Labute approximate surface area is 184 Å². The van der Waals surface area contributed by atoms with Crippen molar-refractivity contribution in [1.82, 2.24) is 24.7 Å². The SMILES string of the molecule is COc1nc(-c2cc(C)c(NC3CCC(C(F)(F)F)CC3)nn2)ccc1-n1cnc(C)c1. The summed E-state index contributed by atoms with van der Waals surface area (Å²) in [7, 11) is 1.55. The van der Waals surface area contributed by atoms with Crippen molar-refractivity contribution in [3.63, 3.8) is 0 Å². The molecule has 1 fully saturated rings. The van der Waals surface area contributed by atoms with Gasteiger partial charge >= 0.3 is 6.18 Å². The van der Waals surface area contributed by atoms with Crippen molar-refractivity contribution in [3.8, 4) is 23.0 Å². The van der Waals surface area contributed by atoms with Crippen LogP contribution < -0.4 is 10.1 Å². The summed E-state index contributed by atoms with van der Waals surface area (Å²) in [6.45, 7) is 3.79. The fraction of sp³-hybridized carbons (Fsp3) is 0.455. The molecule has 170 valence electrons. The number of alkyl halides is 3. The molecule has 4 rings (SSSR count). The van der Waals surface area contributed by atoms with Gasteiger partial charge < -0.3 is 14.6 Å². The minimum absolute atomic E-state index is 0.0383. The quantitative estimate of drug-likeness (QED) is 0.602. The van der Waals surface area contributed by atoms with Gasteiger partial charge in [-0.15, -0.1) is 10.2 Å². The molecule has 0 unspecified atom stereocenters. The summed E-state index contributed by atoms with van der Waals surface area (Å²) in [5.41, 5.74) is 3.68. The van der Waals surface area contributed by atoms with Crippen molar-refractivity contribution in [2.24, 2.45) is 5.92 Å². The van der Waals surface area contributed by atoms with E-state index in [9.17, 15) is 13.2 Å². The third-order valence-electron chi connectivity index (χ3n) is 5.80. The minimum Gasteiger partial charge on any atom is -0.479 e. The largest absolute Gasteiger partial charge is 0.479 e. The van der Waals surface area contributed by atoms with Gasteiger partial charge in [0.2, 0.25) is 5.88 Å². The van der Waals surface area contributed by atoms with Gasteiger partial charge in [0.05, 0.1) is 30.7 Å². The first-order valence-corrected chi connectivity index (χ1v) is 10.5. The monoisotopic (exact) mass is 446 g/mol. The van der Waals surface area contributed by atoms with Crippen LogP contribution in [0.25, 0.3) is 17.1 Å². The predicted octanol–water partition coefficient (Wildman–Crippen LogP) is 4.88. The molecule has 0 aliphatic heterocycles. The standard InChI is InChI=1S/C22H25F3N6O/c1-13-10-18(17-8-9-19(21(28-17)32-3)31-11-14(2)26-12-31)29-30-20(13)27-16-6-4-15(5-7-16)22(23,24)25/h8-12,15-16H,4-7H2,1-3H3,(H,27,30). The first-order valence-electron chi connectivity index (χ1n) is 10.5. The second-order valence-electron chi connectivity index (χ2n) is 8.14. The number of aryl methyl sites for hydroxylation is 2. The number of imidazole rings is 1. The van der Waals surface area contributed by atoms with Gasteiger partial charge in [0, 0.05) is 12.2 Å². The second kappa shape index (κ2) is 8.76. The Morgan fingerprint density at radius 3 is 2.41 bits per heavy atom. The number of methoxy groups -OCH3 is 1. The molecule has 0 radical (unpaired) electrons. The van der Waals surface area contributed by atoms with Gasteiger partial charge in [0.1, 0.15) is 11.4 Å². The highest BCUT2D eigenvalue weighted by Crippen LogP contribution is 2.38. The van der Waals surface area contributed by atoms with Crippen molar-refractivity contribution in [1.29, 1.82) is 0 Å². The number of hydrogen-bond donors (Lipinski definition) is 1. The Bertz CT molecular complexity index is 1090. The van der Waals surface area contributed by atoms with Gasteiger partial charge in [0.25, 0.3) is 0 Å². The second-order valence-corrected chi connectivity index (χ2v) is 8.14. The Kier molecular flexibility index (Phi) is 6.03. The van der Waals surface area contributed by atoms with E-state index in [1.54, 1.807) is 13.4 Å². The number of pyridine rings is 1. The Balaban J connectivity index is 1.49. The Hall–Kier alpha value is -3.17. The number of ether oxygens (including phenoxy) is 1. The van der Waals surface area contributed by atoms with E-state index in [0.717, 1.165) is 16.9 Å². The maximum absolute atomic E-state index is 12.9. The van der Waals surface area contributed by atoms with Crippen LogP contribution in [-0.2, 0) is 0 Å². The van der Waals surface area contributed by atoms with Gasteiger partial charge in [-0.2, -0.15) is 13.2 Å². The maximum Gasteiger partial charge on any atom is 0.391 e. The number of halogens is 3. The average molecular weight is 446 g/mol. The molecule has 0 bridgehead atoms. The van der Waals surface area contributed by atoms with Crippen LogP contribution in [0.4, 0.5) is 19.0 Å². The van der Waals surface area contributed by atoms with E-state index in [2.05, 4.69) is 25.5 Å². The molecule has 0 saturated heterocycles. The summed E-state index contributed by atoms with van der Waals surface area (Å²) in [5.74, 6) is -0.185. The smallest absolute Gasteiger partial charge is 0.391 e. The minimum atomic E-state index is -4.11. The van der Waals surface area contributed by atoms with Crippen LogP contribution in [0.15, 0.2) is 30.7 Å². The number of rotatable bonds is 5. The zero-order valence-corrected chi connectivity index (χ0v) is 18.1. The first kappa shape index (κ1) is 22.0. The maximum atomic E-state index is 12.9. The van der Waals surface area contributed by atoms with Gasteiger partial charge in [0.15, 0.2) is 5.82 Å². The van der Waals surface area contributed by atoms with Gasteiger partial charge in [-0.05, 0) is 63.3 Å². The van der Waals surface area contributed by atoms with E-state index in [4.69, 9.17) is 4.74 Å². The third kappa shape index (κ3) is 4.68. The van der Waals surface area contributed by atoms with Crippen LogP contribution in [0.2, 0.25) is 0 Å². The number of nitrogens with one attached hydrogen (secondary N) is 1. The van der Waals surface area contributed by atoms with Gasteiger partial charge in [-0.3, -0.25) is 0 Å². The topological polar surface area (TPSA) is 77.8 Å². The van der Waals surface area contributed by atoms with Crippen LogP contribution in [-0.4, -0.2) is 44.1 Å². The van der Waals surface area contributed by atoms with Crippen molar-refractivity contribution in [2.45, 2.75) is 51.7 Å². The van der Waals surface area contributed by atoms with E-state index in [1.807, 2.05) is 42.8 Å². The van der Waals surface area contributed by atoms with E-state index < -0.39 is 12.1 Å². The van der Waals surface area contributed by atoms with E-state index >= 15 is 0 Å². The molecule has 3 aromatic heterocycles. The molecule has 0 aromatic carbocycles. The molecular weight excluding hydrogens is 421 g/mol. The van der Waals surface area contributed by atoms with Gasteiger partial charge in [-0.25, -0.2) is 9.97 Å². The lowest BCUT2D eigenvalue weighted by atomic mass is 9.85. The zero-order valence-electron chi connectivity index (χ0n) is 18.1. The van der Waals surface area contributed by atoms with Crippen molar-refractivity contribution in [2.75, 3.05) is 12.4 Å². The number of hydrogen-bond acceptors (Lipinski definition) is 6. The summed E-state index contributed by atoms with van der Waals surface area (Å²) >= 11 is 0. The summed E-state index contributed by atoms with van der Waals surface area (Å²) in [6.07, 6.45) is 0.661. The molecule has 0 amide bonds. The van der Waals surface area contributed by atoms with Crippen LogP contribution in [0, 0.1) is 19.8 Å². The average Bonchev–Trinajstić information content (AvgIpc) is 3.20. The molecule has 10 heteroatoms. The highest BCUT2D eigenvalue weighted by Gasteiger charge is 2.41. The Morgan fingerprint density at radius 2 is 1.81 bits per heavy atom. The third-order valence-corrected chi connectivity index (χ3v) is 5.80. The number of anilines is 1. The van der Waals surface area contributed by atoms with Crippen LogP contribution in [0.1, 0.15) is 36.9 Å². The molecule has 0 spiro atoms.